The molecule has 5 heteroatoms. The van der Waals surface area contributed by atoms with E-state index in [1.165, 1.54) is 12.8 Å². The molecule has 1 saturated carbocycles. The zero-order chi connectivity index (χ0) is 13.8. The van der Waals surface area contributed by atoms with Gasteiger partial charge in [-0.05, 0) is 37.5 Å². The van der Waals surface area contributed by atoms with E-state index in [0.717, 1.165) is 19.3 Å². The molecule has 2 N–H and O–H groups in total. The van der Waals surface area contributed by atoms with E-state index >= 15 is 0 Å². The van der Waals surface area contributed by atoms with Crippen molar-refractivity contribution in [2.75, 3.05) is 13.1 Å². The number of piperidine rings is 1. The van der Waals surface area contributed by atoms with Crippen molar-refractivity contribution >= 4 is 12.0 Å². The number of carbonyl (C=O) groups is 2. The first kappa shape index (κ1) is 14.2. The highest BCUT2D eigenvalue weighted by Crippen LogP contribution is 2.25. The number of hydrogen-bond acceptors (Lipinski definition) is 2. The fourth-order valence-corrected chi connectivity index (χ4v) is 3.20. The van der Waals surface area contributed by atoms with Gasteiger partial charge in [0.15, 0.2) is 0 Å². The Bertz CT molecular complexity index is 338. The Kier molecular flexibility index (Phi) is 4.66. The summed E-state index contributed by atoms with van der Waals surface area (Å²) in [4.78, 5) is 24.6. The van der Waals surface area contributed by atoms with Crippen molar-refractivity contribution in [2.45, 2.75) is 51.5 Å². The number of urea groups is 1. The van der Waals surface area contributed by atoms with Gasteiger partial charge in [-0.1, -0.05) is 13.3 Å². The average molecular weight is 268 g/mol. The smallest absolute Gasteiger partial charge is 0.317 e. The van der Waals surface area contributed by atoms with E-state index in [-0.39, 0.29) is 18.4 Å². The van der Waals surface area contributed by atoms with Gasteiger partial charge >= 0.3 is 12.0 Å². The van der Waals surface area contributed by atoms with Gasteiger partial charge in [0.05, 0.1) is 0 Å². The lowest BCUT2D eigenvalue weighted by molar-refractivity contribution is -0.138. The van der Waals surface area contributed by atoms with Crippen LogP contribution in [0.3, 0.4) is 0 Å². The van der Waals surface area contributed by atoms with Crippen molar-refractivity contribution in [3.05, 3.63) is 0 Å². The molecule has 2 rings (SSSR count). The van der Waals surface area contributed by atoms with Crippen LogP contribution in [0, 0.1) is 11.8 Å². The Morgan fingerprint density at radius 2 is 1.89 bits per heavy atom. The Morgan fingerprint density at radius 3 is 2.42 bits per heavy atom. The molecule has 1 aliphatic carbocycles. The predicted molar refractivity (Wildman–Crippen MR) is 71.9 cm³/mol. The molecule has 2 atom stereocenters. The number of nitrogens with zero attached hydrogens (tertiary/aromatic N) is 1. The minimum atomic E-state index is -0.734. The van der Waals surface area contributed by atoms with E-state index < -0.39 is 5.97 Å². The molecule has 1 aliphatic heterocycles. The number of likely N-dealkylation sites (tertiary alicyclic amines) is 1. The SMILES string of the molecule is CC1CCCC1NC(=O)N1CCC(CC(=O)O)CC1. The second-order valence-corrected chi connectivity index (χ2v) is 5.99. The van der Waals surface area contributed by atoms with Gasteiger partial charge in [0.25, 0.3) is 0 Å². The number of nitrogens with one attached hydrogen (secondary N) is 1. The maximum absolute atomic E-state index is 12.1. The summed E-state index contributed by atoms with van der Waals surface area (Å²) in [5.74, 6) is 0.0723. The molecule has 2 fully saturated rings. The summed E-state index contributed by atoms with van der Waals surface area (Å²) in [7, 11) is 0. The van der Waals surface area contributed by atoms with Gasteiger partial charge < -0.3 is 15.3 Å². The van der Waals surface area contributed by atoms with Gasteiger partial charge in [-0.25, -0.2) is 4.79 Å². The number of carboxylic acids is 1. The van der Waals surface area contributed by atoms with Crippen LogP contribution >= 0.6 is 0 Å². The maximum Gasteiger partial charge on any atom is 0.317 e. The summed E-state index contributed by atoms with van der Waals surface area (Å²) in [5.41, 5.74) is 0. The highest BCUT2D eigenvalue weighted by molar-refractivity contribution is 5.74. The Hall–Kier alpha value is -1.26. The molecule has 0 aromatic rings. The van der Waals surface area contributed by atoms with Crippen LogP contribution in [0.1, 0.15) is 45.4 Å². The molecule has 0 radical (unpaired) electrons. The third-order valence-electron chi connectivity index (χ3n) is 4.54. The van der Waals surface area contributed by atoms with Crippen molar-refractivity contribution in [1.82, 2.24) is 10.2 Å². The second kappa shape index (κ2) is 6.26. The molecule has 108 valence electrons. The zero-order valence-electron chi connectivity index (χ0n) is 11.6. The van der Waals surface area contributed by atoms with Crippen LogP contribution in [-0.2, 0) is 4.79 Å². The summed E-state index contributed by atoms with van der Waals surface area (Å²) in [6, 6.07) is 0.358. The lowest BCUT2D eigenvalue weighted by atomic mass is 9.94. The molecule has 1 saturated heterocycles. The van der Waals surface area contributed by atoms with Crippen LogP contribution in [0.5, 0.6) is 0 Å². The third kappa shape index (κ3) is 3.85. The van der Waals surface area contributed by atoms with Gasteiger partial charge in [0.1, 0.15) is 0 Å². The van der Waals surface area contributed by atoms with Gasteiger partial charge in [-0.15, -0.1) is 0 Å². The Labute approximate surface area is 114 Å². The van der Waals surface area contributed by atoms with Crippen molar-refractivity contribution in [1.29, 1.82) is 0 Å². The summed E-state index contributed by atoms with van der Waals surface area (Å²) >= 11 is 0. The summed E-state index contributed by atoms with van der Waals surface area (Å²) in [6.45, 7) is 3.56. The van der Waals surface area contributed by atoms with Gasteiger partial charge in [-0.2, -0.15) is 0 Å². The number of aliphatic carboxylic acids is 1. The molecular weight excluding hydrogens is 244 g/mol. The van der Waals surface area contributed by atoms with E-state index in [0.29, 0.717) is 25.0 Å². The molecule has 19 heavy (non-hydrogen) atoms. The number of amides is 2. The predicted octanol–water partition coefficient (Wildman–Crippen LogP) is 2.07. The zero-order valence-corrected chi connectivity index (χ0v) is 11.6. The first-order valence-electron chi connectivity index (χ1n) is 7.33. The standard InChI is InChI=1S/C14H24N2O3/c1-10-3-2-4-12(10)15-14(19)16-7-5-11(6-8-16)9-13(17)18/h10-12H,2-9H2,1H3,(H,15,19)(H,17,18). The van der Waals surface area contributed by atoms with Crippen LogP contribution in [0.2, 0.25) is 0 Å². The minimum absolute atomic E-state index is 0.0347. The van der Waals surface area contributed by atoms with E-state index in [4.69, 9.17) is 5.11 Å². The van der Waals surface area contributed by atoms with Gasteiger partial charge in [0, 0.05) is 25.6 Å². The molecule has 2 unspecified atom stereocenters. The lowest BCUT2D eigenvalue weighted by Crippen LogP contribution is -2.48. The monoisotopic (exact) mass is 268 g/mol. The normalized spacial score (nSPS) is 28.4. The van der Waals surface area contributed by atoms with E-state index in [2.05, 4.69) is 12.2 Å². The maximum atomic E-state index is 12.1. The van der Waals surface area contributed by atoms with Crippen LogP contribution in [0.15, 0.2) is 0 Å². The highest BCUT2D eigenvalue weighted by Gasteiger charge is 2.29. The largest absolute Gasteiger partial charge is 0.481 e. The minimum Gasteiger partial charge on any atom is -0.481 e. The first-order valence-corrected chi connectivity index (χ1v) is 7.33. The second-order valence-electron chi connectivity index (χ2n) is 5.99. The van der Waals surface area contributed by atoms with Crippen molar-refractivity contribution < 1.29 is 14.7 Å². The third-order valence-corrected chi connectivity index (χ3v) is 4.54. The van der Waals surface area contributed by atoms with Crippen LogP contribution in [-0.4, -0.2) is 41.1 Å². The average Bonchev–Trinajstić information content (AvgIpc) is 2.75. The lowest BCUT2D eigenvalue weighted by Gasteiger charge is -2.32. The fraction of sp³-hybridized carbons (Fsp3) is 0.857. The van der Waals surface area contributed by atoms with E-state index in [1.54, 1.807) is 0 Å². The molecule has 2 amide bonds. The van der Waals surface area contributed by atoms with Crippen LogP contribution in [0.25, 0.3) is 0 Å². The summed E-state index contributed by atoms with van der Waals surface area (Å²) in [5, 5.41) is 11.9. The van der Waals surface area contributed by atoms with E-state index in [1.807, 2.05) is 4.90 Å². The molecule has 0 spiro atoms. The van der Waals surface area contributed by atoms with Crippen molar-refractivity contribution in [3.8, 4) is 0 Å². The molecule has 1 heterocycles. The highest BCUT2D eigenvalue weighted by atomic mass is 16.4. The first-order chi connectivity index (χ1) is 9.06. The number of carbonyl (C=O) groups excluding carboxylic acids is 1. The van der Waals surface area contributed by atoms with E-state index in [9.17, 15) is 9.59 Å². The summed E-state index contributed by atoms with van der Waals surface area (Å²) < 4.78 is 0. The Morgan fingerprint density at radius 1 is 1.21 bits per heavy atom. The fourth-order valence-electron chi connectivity index (χ4n) is 3.20. The molecule has 0 aromatic carbocycles. The van der Waals surface area contributed by atoms with Crippen molar-refractivity contribution in [2.24, 2.45) is 11.8 Å². The molecule has 2 aliphatic rings. The topological polar surface area (TPSA) is 69.6 Å². The molecule has 0 bridgehead atoms. The Balaban J connectivity index is 1.74. The number of carboxylic acid groups (broad SMARTS) is 1. The van der Waals surface area contributed by atoms with Crippen LogP contribution in [0.4, 0.5) is 4.79 Å². The van der Waals surface area contributed by atoms with Gasteiger partial charge in [0.2, 0.25) is 0 Å². The molecular formula is C14H24N2O3. The quantitative estimate of drug-likeness (QED) is 0.823. The van der Waals surface area contributed by atoms with Crippen LogP contribution < -0.4 is 5.32 Å². The number of hydrogen-bond donors (Lipinski definition) is 2. The summed E-state index contributed by atoms with van der Waals surface area (Å²) in [6.07, 6.45) is 5.33. The number of rotatable bonds is 3. The molecule has 0 aromatic heterocycles. The van der Waals surface area contributed by atoms with Crippen molar-refractivity contribution in [3.63, 3.8) is 0 Å². The molecule has 5 nitrogen and oxygen atoms in total. The van der Waals surface area contributed by atoms with Gasteiger partial charge in [-0.3, -0.25) is 4.79 Å².